The third kappa shape index (κ3) is 3.81. The highest BCUT2D eigenvalue weighted by Crippen LogP contribution is 2.25. The van der Waals surface area contributed by atoms with E-state index in [1.54, 1.807) is 6.07 Å². The van der Waals surface area contributed by atoms with Crippen molar-refractivity contribution < 1.29 is 13.2 Å². The van der Waals surface area contributed by atoms with Gasteiger partial charge in [0.05, 0.1) is 5.02 Å². The summed E-state index contributed by atoms with van der Waals surface area (Å²) in [5.74, 6) is -0.275. The van der Waals surface area contributed by atoms with Gasteiger partial charge in [-0.1, -0.05) is 48.9 Å². The molecule has 146 valence electrons. The predicted molar refractivity (Wildman–Crippen MR) is 109 cm³/mol. The molecular weight excluding hydrogens is 398 g/mol. The van der Waals surface area contributed by atoms with Gasteiger partial charge in [0.15, 0.2) is 5.69 Å². The molecule has 0 aliphatic carbocycles. The summed E-state index contributed by atoms with van der Waals surface area (Å²) in [6.07, 6.45) is 0.493. The zero-order valence-corrected chi connectivity index (χ0v) is 17.3. The molecule has 1 amide bonds. The molecular formula is C20H20ClN3O3S. The molecule has 2 N–H and O–H groups in total. The van der Waals surface area contributed by atoms with Crippen molar-refractivity contribution >= 4 is 27.5 Å². The van der Waals surface area contributed by atoms with Gasteiger partial charge >= 0.3 is 0 Å². The first kappa shape index (κ1) is 20.1. The Hall–Kier alpha value is -2.64. The summed E-state index contributed by atoms with van der Waals surface area (Å²) in [6, 6.07) is 11.7. The third-order valence-electron chi connectivity index (χ3n) is 4.56. The number of amides is 1. The maximum atomic E-state index is 12.7. The molecule has 0 aliphatic heterocycles. The Morgan fingerprint density at radius 3 is 2.54 bits per heavy atom. The molecule has 0 unspecified atom stereocenters. The number of sulfonamides is 1. The van der Waals surface area contributed by atoms with E-state index in [4.69, 9.17) is 11.6 Å². The summed E-state index contributed by atoms with van der Waals surface area (Å²) in [7, 11) is -4.12. The van der Waals surface area contributed by atoms with E-state index < -0.39 is 15.9 Å². The van der Waals surface area contributed by atoms with Crippen LogP contribution in [0.15, 0.2) is 47.4 Å². The second-order valence-electron chi connectivity index (χ2n) is 6.38. The van der Waals surface area contributed by atoms with Gasteiger partial charge < -0.3 is 4.98 Å². The van der Waals surface area contributed by atoms with E-state index in [-0.39, 0.29) is 15.6 Å². The minimum Gasteiger partial charge on any atom is -0.341 e. The van der Waals surface area contributed by atoms with Crippen LogP contribution in [0.5, 0.6) is 0 Å². The number of halogens is 1. The van der Waals surface area contributed by atoms with E-state index in [1.165, 1.54) is 18.2 Å². The largest absolute Gasteiger partial charge is 0.341 e. The molecule has 8 heteroatoms. The van der Waals surface area contributed by atoms with Crippen LogP contribution >= 0.6 is 11.6 Å². The molecule has 0 aliphatic rings. The number of imidazole rings is 1. The maximum Gasteiger partial charge on any atom is 0.285 e. The Morgan fingerprint density at radius 1 is 1.14 bits per heavy atom. The number of hydrogen-bond acceptors (Lipinski definition) is 4. The Kier molecular flexibility index (Phi) is 5.58. The molecule has 0 saturated heterocycles. The number of H-pyrrole nitrogens is 1. The van der Waals surface area contributed by atoms with E-state index in [0.29, 0.717) is 17.9 Å². The highest BCUT2D eigenvalue weighted by atomic mass is 35.5. The summed E-state index contributed by atoms with van der Waals surface area (Å²) in [5, 5.41) is 0.0385. The van der Waals surface area contributed by atoms with Crippen molar-refractivity contribution in [3.8, 4) is 11.4 Å². The van der Waals surface area contributed by atoms with Crippen molar-refractivity contribution in [3.05, 3.63) is 70.0 Å². The van der Waals surface area contributed by atoms with E-state index in [9.17, 15) is 13.2 Å². The SMILES string of the molecule is CCc1[nH]c(-c2cccc(C)c2C)nc1C(=O)NS(=O)(=O)c1ccccc1Cl. The second-order valence-corrected chi connectivity index (χ2v) is 8.44. The summed E-state index contributed by atoms with van der Waals surface area (Å²) >= 11 is 5.96. The Labute approximate surface area is 169 Å². The quantitative estimate of drug-likeness (QED) is 0.655. The zero-order chi connectivity index (χ0) is 20.5. The van der Waals surface area contributed by atoms with Gasteiger partial charge in [-0.25, -0.2) is 18.1 Å². The lowest BCUT2D eigenvalue weighted by Crippen LogP contribution is -2.31. The number of hydrogen-bond donors (Lipinski definition) is 2. The highest BCUT2D eigenvalue weighted by Gasteiger charge is 2.25. The molecule has 1 heterocycles. The molecule has 0 radical (unpaired) electrons. The lowest BCUT2D eigenvalue weighted by atomic mass is 10.0. The van der Waals surface area contributed by atoms with Crippen LogP contribution in [0.3, 0.4) is 0 Å². The number of carbonyl (C=O) groups is 1. The molecule has 6 nitrogen and oxygen atoms in total. The second kappa shape index (κ2) is 7.77. The van der Waals surface area contributed by atoms with Gasteiger partial charge in [0, 0.05) is 11.3 Å². The van der Waals surface area contributed by atoms with E-state index in [1.807, 2.05) is 39.0 Å². The van der Waals surface area contributed by atoms with Crippen LogP contribution < -0.4 is 4.72 Å². The van der Waals surface area contributed by atoms with Crippen LogP contribution in [0.4, 0.5) is 0 Å². The van der Waals surface area contributed by atoms with Gasteiger partial charge in [-0.3, -0.25) is 4.79 Å². The average Bonchev–Trinajstić information content (AvgIpc) is 3.08. The van der Waals surface area contributed by atoms with E-state index >= 15 is 0 Å². The number of rotatable bonds is 5. The van der Waals surface area contributed by atoms with Crippen molar-refractivity contribution in [2.24, 2.45) is 0 Å². The number of aromatic nitrogens is 2. The molecule has 0 atom stereocenters. The van der Waals surface area contributed by atoms with Crippen LogP contribution in [0.25, 0.3) is 11.4 Å². The molecule has 3 rings (SSSR count). The molecule has 0 fully saturated rings. The van der Waals surface area contributed by atoms with Gasteiger partial charge in [-0.05, 0) is 43.5 Å². The Morgan fingerprint density at radius 2 is 1.86 bits per heavy atom. The van der Waals surface area contributed by atoms with Gasteiger partial charge in [-0.15, -0.1) is 0 Å². The van der Waals surface area contributed by atoms with Crippen LogP contribution in [-0.2, 0) is 16.4 Å². The number of aromatic amines is 1. The summed E-state index contributed by atoms with van der Waals surface area (Å²) in [5.41, 5.74) is 3.60. The fourth-order valence-corrected chi connectivity index (χ4v) is 4.35. The van der Waals surface area contributed by atoms with E-state index in [2.05, 4.69) is 14.7 Å². The van der Waals surface area contributed by atoms with Crippen molar-refractivity contribution in [1.82, 2.24) is 14.7 Å². The lowest BCUT2D eigenvalue weighted by Gasteiger charge is -2.07. The van der Waals surface area contributed by atoms with Gasteiger partial charge in [-0.2, -0.15) is 0 Å². The van der Waals surface area contributed by atoms with Crippen molar-refractivity contribution in [3.63, 3.8) is 0 Å². The van der Waals surface area contributed by atoms with Gasteiger partial charge in [0.25, 0.3) is 15.9 Å². The number of carbonyl (C=O) groups excluding carboxylic acids is 1. The summed E-state index contributed by atoms with van der Waals surface area (Å²) < 4.78 is 27.2. The number of nitrogens with one attached hydrogen (secondary N) is 2. The van der Waals surface area contributed by atoms with Crippen molar-refractivity contribution in [1.29, 1.82) is 0 Å². The first-order chi connectivity index (χ1) is 13.2. The Balaban J connectivity index is 1.98. The minimum absolute atomic E-state index is 0.0385. The number of nitrogens with zero attached hydrogens (tertiary/aromatic N) is 1. The summed E-state index contributed by atoms with van der Waals surface area (Å²) in [4.78, 5) is 20.1. The summed E-state index contributed by atoms with van der Waals surface area (Å²) in [6.45, 7) is 5.83. The fourth-order valence-electron chi connectivity index (χ4n) is 2.88. The molecule has 28 heavy (non-hydrogen) atoms. The molecule has 0 spiro atoms. The first-order valence-corrected chi connectivity index (χ1v) is 10.6. The normalized spacial score (nSPS) is 11.4. The number of aryl methyl sites for hydroxylation is 2. The monoisotopic (exact) mass is 417 g/mol. The molecule has 3 aromatic rings. The highest BCUT2D eigenvalue weighted by molar-refractivity contribution is 7.90. The molecule has 0 bridgehead atoms. The molecule has 1 aromatic heterocycles. The average molecular weight is 418 g/mol. The van der Waals surface area contributed by atoms with Crippen LogP contribution in [0.2, 0.25) is 5.02 Å². The van der Waals surface area contributed by atoms with Gasteiger partial charge in [0.1, 0.15) is 10.7 Å². The fraction of sp³-hybridized carbons (Fsp3) is 0.200. The minimum atomic E-state index is -4.12. The van der Waals surface area contributed by atoms with E-state index in [0.717, 1.165) is 16.7 Å². The van der Waals surface area contributed by atoms with Crippen LogP contribution in [-0.4, -0.2) is 24.3 Å². The molecule has 2 aromatic carbocycles. The maximum absolute atomic E-state index is 12.7. The topological polar surface area (TPSA) is 91.9 Å². The van der Waals surface area contributed by atoms with Crippen molar-refractivity contribution in [2.45, 2.75) is 32.1 Å². The van der Waals surface area contributed by atoms with Crippen LogP contribution in [0, 0.1) is 13.8 Å². The lowest BCUT2D eigenvalue weighted by molar-refractivity contribution is 0.0976. The van der Waals surface area contributed by atoms with Crippen LogP contribution in [0.1, 0.15) is 34.2 Å². The predicted octanol–water partition coefficient (Wildman–Crippen LogP) is 4.03. The number of benzene rings is 2. The standard InChI is InChI=1S/C20H20ClN3O3S/c1-4-16-18(23-19(22-16)14-9-7-8-12(2)13(14)3)20(25)24-28(26,27)17-11-6-5-10-15(17)21/h5-11H,4H2,1-3H3,(H,22,23)(H,24,25). The Bertz CT molecular complexity index is 1150. The molecule has 0 saturated carbocycles. The first-order valence-electron chi connectivity index (χ1n) is 8.71. The zero-order valence-electron chi connectivity index (χ0n) is 15.7. The van der Waals surface area contributed by atoms with Gasteiger partial charge in [0.2, 0.25) is 0 Å². The third-order valence-corrected chi connectivity index (χ3v) is 6.39. The van der Waals surface area contributed by atoms with Crippen molar-refractivity contribution in [2.75, 3.05) is 0 Å². The smallest absolute Gasteiger partial charge is 0.285 e.